The van der Waals surface area contributed by atoms with E-state index in [0.717, 1.165) is 23.7 Å². The third-order valence-electron chi connectivity index (χ3n) is 4.52. The van der Waals surface area contributed by atoms with Crippen molar-refractivity contribution in [3.8, 4) is 0 Å². The molecule has 0 spiro atoms. The van der Waals surface area contributed by atoms with Crippen LogP contribution in [0.15, 0.2) is 24.3 Å². The number of carbonyl (C=O) groups excluding carboxylic acids is 4. The highest BCUT2D eigenvalue weighted by Gasteiger charge is 2.46. The lowest BCUT2D eigenvalue weighted by Crippen LogP contribution is -2.40. The summed E-state index contributed by atoms with van der Waals surface area (Å²) in [5.41, 5.74) is 1.67. The van der Waals surface area contributed by atoms with Gasteiger partial charge in [-0.2, -0.15) is 0 Å². The van der Waals surface area contributed by atoms with Gasteiger partial charge in [0.15, 0.2) is 0 Å². The van der Waals surface area contributed by atoms with Crippen molar-refractivity contribution in [2.24, 2.45) is 0 Å². The zero-order valence-electron chi connectivity index (χ0n) is 14.9. The summed E-state index contributed by atoms with van der Waals surface area (Å²) in [5.74, 6) is -2.39. The Kier molecular flexibility index (Phi) is 4.92. The average Bonchev–Trinajstić information content (AvgIpc) is 3.19. The van der Waals surface area contributed by atoms with Crippen LogP contribution in [0.2, 0.25) is 0 Å². The minimum Gasteiger partial charge on any atom is -0.372 e. The lowest BCUT2D eigenvalue weighted by atomic mass is 10.2. The van der Waals surface area contributed by atoms with Crippen molar-refractivity contribution in [3.05, 3.63) is 24.3 Å². The predicted octanol–water partition coefficient (Wildman–Crippen LogP) is 1.42. The summed E-state index contributed by atoms with van der Waals surface area (Å²) in [4.78, 5) is 52.0. The molecule has 1 N–H and O–H groups in total. The maximum absolute atomic E-state index is 12.2. The van der Waals surface area contributed by atoms with Crippen LogP contribution in [0, 0.1) is 0 Å². The first-order valence-electron chi connectivity index (χ1n) is 8.72. The van der Waals surface area contributed by atoms with E-state index < -0.39 is 36.3 Å². The molecule has 1 aromatic rings. The van der Waals surface area contributed by atoms with E-state index in [1.807, 2.05) is 12.1 Å². The first-order chi connectivity index (χ1) is 12.4. The number of nitrogens with one attached hydrogen (secondary N) is 1. The maximum Gasteiger partial charge on any atom is 0.334 e. The van der Waals surface area contributed by atoms with E-state index in [1.54, 1.807) is 26.0 Å². The highest BCUT2D eigenvalue weighted by atomic mass is 16.2. The first kappa shape index (κ1) is 17.9. The molecule has 1 aromatic carbocycles. The lowest BCUT2D eigenvalue weighted by Gasteiger charge is -2.19. The van der Waals surface area contributed by atoms with Gasteiger partial charge in [0.1, 0.15) is 6.54 Å². The largest absolute Gasteiger partial charge is 0.372 e. The van der Waals surface area contributed by atoms with Crippen molar-refractivity contribution in [1.82, 2.24) is 9.80 Å². The third kappa shape index (κ3) is 3.40. The molecular weight excluding hydrogens is 336 g/mol. The second-order valence-corrected chi connectivity index (χ2v) is 6.73. The van der Waals surface area contributed by atoms with E-state index in [9.17, 15) is 19.2 Å². The molecule has 138 valence electrons. The molecule has 0 saturated carbocycles. The number of hydrogen-bond acceptors (Lipinski definition) is 5. The number of rotatable bonds is 5. The molecule has 26 heavy (non-hydrogen) atoms. The molecule has 2 aliphatic rings. The summed E-state index contributed by atoms with van der Waals surface area (Å²) in [5, 5.41) is 2.65. The first-order valence-corrected chi connectivity index (χ1v) is 8.72. The molecule has 8 heteroatoms. The van der Waals surface area contributed by atoms with Gasteiger partial charge in [-0.3, -0.25) is 19.3 Å². The van der Waals surface area contributed by atoms with Crippen LogP contribution in [0.25, 0.3) is 0 Å². The number of anilines is 2. The number of nitrogens with zero attached hydrogens (tertiary/aromatic N) is 3. The second kappa shape index (κ2) is 7.15. The Morgan fingerprint density at radius 3 is 2.19 bits per heavy atom. The fraction of sp³-hybridized carbons (Fsp3) is 0.444. The van der Waals surface area contributed by atoms with Crippen molar-refractivity contribution in [3.63, 3.8) is 0 Å². The lowest BCUT2D eigenvalue weighted by molar-refractivity contribution is -0.144. The fourth-order valence-corrected chi connectivity index (χ4v) is 3.19. The van der Waals surface area contributed by atoms with Gasteiger partial charge >= 0.3 is 17.8 Å². The molecule has 8 nitrogen and oxygen atoms in total. The van der Waals surface area contributed by atoms with E-state index in [4.69, 9.17) is 0 Å². The third-order valence-corrected chi connectivity index (χ3v) is 4.52. The van der Waals surface area contributed by atoms with E-state index >= 15 is 0 Å². The van der Waals surface area contributed by atoms with Crippen LogP contribution in [0.5, 0.6) is 0 Å². The number of urea groups is 1. The van der Waals surface area contributed by atoms with Crippen molar-refractivity contribution >= 4 is 35.1 Å². The maximum atomic E-state index is 12.2. The van der Waals surface area contributed by atoms with Gasteiger partial charge in [0.25, 0.3) is 0 Å². The molecule has 0 unspecified atom stereocenters. The standard InChI is InChI=1S/C18H22N4O4/c1-12(2)22-17(25)16(24)21(18(22)26)11-15(23)19-13-5-7-14(8-6-13)20-9-3-4-10-20/h5-8,12H,3-4,9-11H2,1-2H3,(H,19,23). The van der Waals surface area contributed by atoms with Crippen molar-refractivity contribution in [2.45, 2.75) is 32.7 Å². The average molecular weight is 358 g/mol. The summed E-state index contributed by atoms with van der Waals surface area (Å²) in [6.07, 6.45) is 2.37. The van der Waals surface area contributed by atoms with Gasteiger partial charge in [0.05, 0.1) is 0 Å². The predicted molar refractivity (Wildman–Crippen MR) is 95.6 cm³/mol. The Morgan fingerprint density at radius 1 is 1.04 bits per heavy atom. The van der Waals surface area contributed by atoms with Gasteiger partial charge in [-0.15, -0.1) is 0 Å². The minimum absolute atomic E-state index is 0.440. The molecule has 2 aliphatic heterocycles. The summed E-state index contributed by atoms with van der Waals surface area (Å²) in [7, 11) is 0. The molecule has 0 radical (unpaired) electrons. The Morgan fingerprint density at radius 2 is 1.65 bits per heavy atom. The zero-order valence-corrected chi connectivity index (χ0v) is 14.9. The number of carbonyl (C=O) groups is 4. The number of hydrogen-bond donors (Lipinski definition) is 1. The summed E-state index contributed by atoms with van der Waals surface area (Å²) < 4.78 is 0. The molecule has 2 saturated heterocycles. The summed E-state index contributed by atoms with van der Waals surface area (Å²) in [6.45, 7) is 4.85. The molecule has 5 amide bonds. The molecule has 3 rings (SSSR count). The molecular formula is C18H22N4O4. The Hall–Kier alpha value is -2.90. The molecule has 2 fully saturated rings. The topological polar surface area (TPSA) is 90.0 Å². The monoisotopic (exact) mass is 358 g/mol. The fourth-order valence-electron chi connectivity index (χ4n) is 3.19. The zero-order chi connectivity index (χ0) is 18.8. The quantitative estimate of drug-likeness (QED) is 0.635. The van der Waals surface area contributed by atoms with Crippen LogP contribution in [0.1, 0.15) is 26.7 Å². The van der Waals surface area contributed by atoms with Crippen molar-refractivity contribution in [2.75, 3.05) is 29.9 Å². The highest BCUT2D eigenvalue weighted by Crippen LogP contribution is 2.22. The van der Waals surface area contributed by atoms with Gasteiger partial charge in [-0.25, -0.2) is 9.69 Å². The van der Waals surface area contributed by atoms with Crippen molar-refractivity contribution < 1.29 is 19.2 Å². The molecule has 0 aliphatic carbocycles. The molecule has 0 aromatic heterocycles. The molecule has 2 heterocycles. The Balaban J connectivity index is 1.61. The van der Waals surface area contributed by atoms with Gasteiger partial charge in [0.2, 0.25) is 5.91 Å². The van der Waals surface area contributed by atoms with E-state index in [0.29, 0.717) is 10.6 Å². The van der Waals surface area contributed by atoms with Gasteiger partial charge < -0.3 is 10.2 Å². The Bertz CT molecular complexity index is 738. The minimum atomic E-state index is -0.969. The highest BCUT2D eigenvalue weighted by molar-refractivity contribution is 6.45. The number of benzene rings is 1. The van der Waals surface area contributed by atoms with Crippen molar-refractivity contribution in [1.29, 1.82) is 0 Å². The van der Waals surface area contributed by atoms with E-state index in [-0.39, 0.29) is 0 Å². The summed E-state index contributed by atoms with van der Waals surface area (Å²) in [6, 6.07) is 6.23. The van der Waals surface area contributed by atoms with Gasteiger partial charge in [0, 0.05) is 30.5 Å². The SMILES string of the molecule is CC(C)N1C(=O)C(=O)N(CC(=O)Nc2ccc(N3CCCC3)cc2)C1=O. The van der Waals surface area contributed by atoms with Crippen LogP contribution >= 0.6 is 0 Å². The number of imide groups is 2. The van der Waals surface area contributed by atoms with Crippen LogP contribution in [0.4, 0.5) is 16.2 Å². The molecule has 0 bridgehead atoms. The van der Waals surface area contributed by atoms with Crippen LogP contribution < -0.4 is 10.2 Å². The normalized spacial score (nSPS) is 17.7. The van der Waals surface area contributed by atoms with Gasteiger partial charge in [-0.1, -0.05) is 0 Å². The summed E-state index contributed by atoms with van der Waals surface area (Å²) >= 11 is 0. The van der Waals surface area contributed by atoms with Crippen LogP contribution in [-0.4, -0.2) is 59.2 Å². The Labute approximate surface area is 151 Å². The second-order valence-electron chi connectivity index (χ2n) is 6.73. The van der Waals surface area contributed by atoms with E-state index in [2.05, 4.69) is 10.2 Å². The van der Waals surface area contributed by atoms with Gasteiger partial charge in [-0.05, 0) is 51.0 Å². The smallest absolute Gasteiger partial charge is 0.334 e. The number of amides is 5. The van der Waals surface area contributed by atoms with E-state index in [1.165, 1.54) is 12.8 Å². The van der Waals surface area contributed by atoms with Crippen LogP contribution in [-0.2, 0) is 14.4 Å². The molecule has 0 atom stereocenters. The van der Waals surface area contributed by atoms with Crippen LogP contribution in [0.3, 0.4) is 0 Å².